The number of carbonyl (C=O) groups excluding carboxylic acids is 2. The van der Waals surface area contributed by atoms with Crippen LogP contribution in [-0.2, 0) is 4.74 Å². The first-order valence-electron chi connectivity index (χ1n) is 9.71. The number of pyridine rings is 1. The Kier molecular flexibility index (Phi) is 7.48. The number of amides is 3. The molecule has 3 amide bonds. The molecule has 2 N–H and O–H groups in total. The number of benzene rings is 1. The maximum atomic E-state index is 12.8. The summed E-state index contributed by atoms with van der Waals surface area (Å²) in [6.45, 7) is 5.72. The van der Waals surface area contributed by atoms with Crippen LogP contribution in [-0.4, -0.2) is 48.5 Å². The number of thioether (sulfide) groups is 1. The Bertz CT molecular complexity index is 859. The number of hydrogen-bond donors (Lipinski definition) is 2. The van der Waals surface area contributed by atoms with Crippen molar-refractivity contribution in [1.82, 2.24) is 10.3 Å². The predicted octanol–water partition coefficient (Wildman–Crippen LogP) is 3.77. The fourth-order valence-corrected chi connectivity index (χ4v) is 3.82. The van der Waals surface area contributed by atoms with E-state index in [2.05, 4.69) is 15.6 Å². The van der Waals surface area contributed by atoms with Crippen LogP contribution in [0.5, 0.6) is 0 Å². The lowest BCUT2D eigenvalue weighted by molar-refractivity contribution is 0.0757. The summed E-state index contributed by atoms with van der Waals surface area (Å²) in [5.74, 6) is 0.620. The third-order valence-electron chi connectivity index (χ3n) is 4.27. The van der Waals surface area contributed by atoms with E-state index < -0.39 is 0 Å². The van der Waals surface area contributed by atoms with Crippen molar-refractivity contribution in [2.75, 3.05) is 35.7 Å². The summed E-state index contributed by atoms with van der Waals surface area (Å²) in [6, 6.07) is 10.4. The summed E-state index contributed by atoms with van der Waals surface area (Å²) in [7, 11) is 0. The number of anilines is 2. The van der Waals surface area contributed by atoms with Gasteiger partial charge >= 0.3 is 6.03 Å². The number of nitrogens with one attached hydrogen (secondary N) is 2. The molecule has 29 heavy (non-hydrogen) atoms. The van der Waals surface area contributed by atoms with Gasteiger partial charge in [0.1, 0.15) is 5.03 Å². The Morgan fingerprint density at radius 3 is 2.97 bits per heavy atom. The molecule has 0 radical (unpaired) electrons. The van der Waals surface area contributed by atoms with Crippen LogP contribution in [0.25, 0.3) is 0 Å². The van der Waals surface area contributed by atoms with E-state index in [4.69, 9.17) is 4.74 Å². The number of rotatable bonds is 7. The van der Waals surface area contributed by atoms with Crippen LogP contribution in [0.1, 0.15) is 30.6 Å². The number of hydrogen-bond acceptors (Lipinski definition) is 5. The minimum Gasteiger partial charge on any atom is -0.379 e. The first kappa shape index (κ1) is 21.1. The molecule has 2 aromatic rings. The van der Waals surface area contributed by atoms with Crippen LogP contribution >= 0.6 is 11.8 Å². The highest BCUT2D eigenvalue weighted by atomic mass is 32.2. The molecule has 154 valence electrons. The molecule has 1 aromatic heterocycles. The van der Waals surface area contributed by atoms with Crippen molar-refractivity contribution in [3.05, 3.63) is 48.2 Å². The molecule has 0 atom stereocenters. The maximum absolute atomic E-state index is 12.8. The molecule has 0 saturated carbocycles. The predicted molar refractivity (Wildman–Crippen MR) is 116 cm³/mol. The summed E-state index contributed by atoms with van der Waals surface area (Å²) < 4.78 is 5.47. The standard InChI is InChI=1S/C21H26N4O3S/c1-15(2)28-12-5-10-22-19(26)16-6-3-7-17(14-16)24-21(27)25-11-13-29-20-18(25)8-4-9-23-20/h3-4,6-9,14-15H,5,10-13H2,1-2H3,(H,22,26)(H,24,27). The van der Waals surface area contributed by atoms with E-state index in [1.807, 2.05) is 26.0 Å². The SMILES string of the molecule is CC(C)OCCCNC(=O)c1cccc(NC(=O)N2CCSc3ncccc32)c1. The third-order valence-corrected chi connectivity index (χ3v) is 5.25. The molecular weight excluding hydrogens is 388 g/mol. The molecule has 0 aliphatic carbocycles. The monoisotopic (exact) mass is 414 g/mol. The number of aromatic nitrogens is 1. The van der Waals surface area contributed by atoms with Crippen molar-refractivity contribution in [2.45, 2.75) is 31.4 Å². The second kappa shape index (κ2) is 10.3. The fourth-order valence-electron chi connectivity index (χ4n) is 2.89. The van der Waals surface area contributed by atoms with Crippen LogP contribution in [0.15, 0.2) is 47.6 Å². The van der Waals surface area contributed by atoms with Crippen LogP contribution in [0.2, 0.25) is 0 Å². The van der Waals surface area contributed by atoms with Crippen molar-refractivity contribution in [3.8, 4) is 0 Å². The van der Waals surface area contributed by atoms with E-state index in [-0.39, 0.29) is 18.0 Å². The quantitative estimate of drug-likeness (QED) is 0.674. The molecule has 7 nitrogen and oxygen atoms in total. The van der Waals surface area contributed by atoms with E-state index in [0.29, 0.717) is 30.9 Å². The van der Waals surface area contributed by atoms with Gasteiger partial charge in [0.2, 0.25) is 0 Å². The van der Waals surface area contributed by atoms with Gasteiger partial charge in [0.15, 0.2) is 0 Å². The summed E-state index contributed by atoms with van der Waals surface area (Å²) in [5.41, 5.74) is 1.89. The van der Waals surface area contributed by atoms with Crippen molar-refractivity contribution in [1.29, 1.82) is 0 Å². The molecule has 0 bridgehead atoms. The molecule has 0 fully saturated rings. The minimum absolute atomic E-state index is 0.172. The van der Waals surface area contributed by atoms with E-state index in [1.54, 1.807) is 47.1 Å². The van der Waals surface area contributed by atoms with Crippen molar-refractivity contribution in [3.63, 3.8) is 0 Å². The Morgan fingerprint density at radius 2 is 2.14 bits per heavy atom. The Morgan fingerprint density at radius 1 is 1.28 bits per heavy atom. The Labute approximate surface area is 175 Å². The zero-order valence-corrected chi connectivity index (χ0v) is 17.5. The second-order valence-corrected chi connectivity index (χ2v) is 7.95. The molecule has 0 spiro atoms. The Balaban J connectivity index is 1.57. The topological polar surface area (TPSA) is 83.6 Å². The number of fused-ring (bicyclic) bond motifs is 1. The highest BCUT2D eigenvalue weighted by molar-refractivity contribution is 7.99. The number of ether oxygens (including phenoxy) is 1. The molecule has 1 aliphatic heterocycles. The molecule has 0 unspecified atom stereocenters. The molecule has 1 aliphatic rings. The van der Waals surface area contributed by atoms with Gasteiger partial charge in [0.05, 0.1) is 11.8 Å². The molecule has 3 rings (SSSR count). The van der Waals surface area contributed by atoms with E-state index in [0.717, 1.165) is 22.9 Å². The number of carbonyl (C=O) groups is 2. The minimum atomic E-state index is -0.233. The molecular formula is C21H26N4O3S. The van der Waals surface area contributed by atoms with Crippen LogP contribution in [0, 0.1) is 0 Å². The van der Waals surface area contributed by atoms with Gasteiger partial charge in [-0.1, -0.05) is 6.07 Å². The molecule has 0 saturated heterocycles. The first-order chi connectivity index (χ1) is 14.0. The van der Waals surface area contributed by atoms with Gasteiger partial charge in [0, 0.05) is 42.9 Å². The summed E-state index contributed by atoms with van der Waals surface area (Å²) in [5, 5.41) is 6.61. The van der Waals surface area contributed by atoms with Gasteiger partial charge in [-0.2, -0.15) is 0 Å². The van der Waals surface area contributed by atoms with Gasteiger partial charge in [-0.05, 0) is 50.6 Å². The Hall–Kier alpha value is -2.58. The van der Waals surface area contributed by atoms with Gasteiger partial charge < -0.3 is 15.4 Å². The fraction of sp³-hybridized carbons (Fsp3) is 0.381. The zero-order chi connectivity index (χ0) is 20.6. The first-order valence-corrected chi connectivity index (χ1v) is 10.7. The highest BCUT2D eigenvalue weighted by Crippen LogP contribution is 2.32. The number of nitrogens with zero attached hydrogens (tertiary/aromatic N) is 2. The van der Waals surface area contributed by atoms with Crippen molar-refractivity contribution in [2.24, 2.45) is 0 Å². The average Bonchev–Trinajstić information content (AvgIpc) is 2.73. The zero-order valence-electron chi connectivity index (χ0n) is 16.7. The summed E-state index contributed by atoms with van der Waals surface area (Å²) in [6.07, 6.45) is 2.66. The van der Waals surface area contributed by atoms with Crippen LogP contribution in [0.4, 0.5) is 16.2 Å². The average molecular weight is 415 g/mol. The molecule has 8 heteroatoms. The normalized spacial score (nSPS) is 13.1. The molecule has 2 heterocycles. The van der Waals surface area contributed by atoms with Crippen molar-refractivity contribution >= 4 is 35.1 Å². The van der Waals surface area contributed by atoms with Gasteiger partial charge in [-0.25, -0.2) is 9.78 Å². The lowest BCUT2D eigenvalue weighted by atomic mass is 10.2. The van der Waals surface area contributed by atoms with Crippen LogP contribution < -0.4 is 15.5 Å². The second-order valence-electron chi connectivity index (χ2n) is 6.87. The van der Waals surface area contributed by atoms with Crippen LogP contribution in [0.3, 0.4) is 0 Å². The lowest BCUT2D eigenvalue weighted by Crippen LogP contribution is -2.39. The van der Waals surface area contributed by atoms with Gasteiger partial charge in [-0.3, -0.25) is 9.69 Å². The third kappa shape index (κ3) is 5.95. The largest absolute Gasteiger partial charge is 0.379 e. The maximum Gasteiger partial charge on any atom is 0.326 e. The molecule has 1 aromatic carbocycles. The van der Waals surface area contributed by atoms with Crippen molar-refractivity contribution < 1.29 is 14.3 Å². The van der Waals surface area contributed by atoms with E-state index in [1.165, 1.54) is 0 Å². The van der Waals surface area contributed by atoms with Gasteiger partial charge in [0.25, 0.3) is 5.91 Å². The van der Waals surface area contributed by atoms with Gasteiger partial charge in [-0.15, -0.1) is 11.8 Å². The summed E-state index contributed by atoms with van der Waals surface area (Å²) in [4.78, 5) is 31.1. The summed E-state index contributed by atoms with van der Waals surface area (Å²) >= 11 is 1.64. The highest BCUT2D eigenvalue weighted by Gasteiger charge is 2.23. The van der Waals surface area contributed by atoms with E-state index in [9.17, 15) is 9.59 Å². The van der Waals surface area contributed by atoms with E-state index >= 15 is 0 Å². The lowest BCUT2D eigenvalue weighted by Gasteiger charge is -2.28. The number of urea groups is 1. The smallest absolute Gasteiger partial charge is 0.326 e.